The Morgan fingerprint density at radius 2 is 1.97 bits per heavy atom. The second-order valence-electron chi connectivity index (χ2n) is 7.24. The molecule has 8 nitrogen and oxygen atoms in total. The van der Waals surface area contributed by atoms with Crippen LogP contribution in [0, 0.1) is 6.92 Å². The summed E-state index contributed by atoms with van der Waals surface area (Å²) in [4.78, 5) is 37.7. The van der Waals surface area contributed by atoms with Crippen molar-refractivity contribution >= 4 is 24.0 Å². The van der Waals surface area contributed by atoms with Crippen LogP contribution in [0.25, 0.3) is 6.08 Å². The highest BCUT2D eigenvalue weighted by Crippen LogP contribution is 2.31. The number of methoxy groups -OCH3 is 2. The Bertz CT molecular complexity index is 1030. The first kappa shape index (κ1) is 21.2. The minimum atomic E-state index is -0.630. The maximum absolute atomic E-state index is 12.8. The molecule has 1 N–H and O–H groups in total. The number of amides is 3. The van der Waals surface area contributed by atoms with Crippen LogP contribution in [0.1, 0.15) is 52.8 Å². The summed E-state index contributed by atoms with van der Waals surface area (Å²) in [5.41, 5.74) is 2.91. The number of urea groups is 1. The van der Waals surface area contributed by atoms with Gasteiger partial charge in [-0.2, -0.15) is 0 Å². The van der Waals surface area contributed by atoms with E-state index in [9.17, 15) is 14.4 Å². The number of hydrogen-bond acceptors (Lipinski definition) is 6. The highest BCUT2D eigenvalue weighted by molar-refractivity contribution is 6.14. The predicted molar refractivity (Wildman–Crippen MR) is 109 cm³/mol. The molecule has 2 heterocycles. The molecule has 1 aliphatic rings. The summed E-state index contributed by atoms with van der Waals surface area (Å²) in [6, 6.07) is 6.28. The van der Waals surface area contributed by atoms with Gasteiger partial charge in [0, 0.05) is 0 Å². The Morgan fingerprint density at radius 3 is 2.60 bits per heavy atom. The Hall–Kier alpha value is -3.55. The number of benzene rings is 1. The second kappa shape index (κ2) is 8.44. The molecule has 0 saturated carbocycles. The third-order valence-corrected chi connectivity index (χ3v) is 4.86. The molecule has 0 radical (unpaired) electrons. The van der Waals surface area contributed by atoms with Gasteiger partial charge in [-0.15, -0.1) is 0 Å². The molecule has 0 aliphatic carbocycles. The van der Waals surface area contributed by atoms with Crippen LogP contribution in [0.3, 0.4) is 0 Å². The number of carbonyl (C=O) groups excluding carboxylic acids is 3. The zero-order valence-electron chi connectivity index (χ0n) is 17.6. The van der Waals surface area contributed by atoms with Gasteiger partial charge in [-0.25, -0.2) is 9.59 Å². The van der Waals surface area contributed by atoms with E-state index in [0.717, 1.165) is 27.3 Å². The number of rotatable bonds is 6. The molecule has 0 atom stereocenters. The largest absolute Gasteiger partial charge is 0.496 e. The van der Waals surface area contributed by atoms with E-state index in [1.807, 2.05) is 19.1 Å². The molecule has 1 aliphatic heterocycles. The first-order chi connectivity index (χ1) is 14.2. The highest BCUT2D eigenvalue weighted by Gasteiger charge is 2.34. The normalized spacial score (nSPS) is 15.1. The quantitative estimate of drug-likeness (QED) is 0.442. The summed E-state index contributed by atoms with van der Waals surface area (Å²) in [5.74, 6) is 0.207. The van der Waals surface area contributed by atoms with E-state index in [4.69, 9.17) is 9.15 Å². The van der Waals surface area contributed by atoms with E-state index in [-0.39, 0.29) is 23.9 Å². The van der Waals surface area contributed by atoms with E-state index in [1.54, 1.807) is 13.2 Å². The Morgan fingerprint density at radius 1 is 1.23 bits per heavy atom. The Balaban J connectivity index is 1.85. The van der Waals surface area contributed by atoms with Gasteiger partial charge in [-0.3, -0.25) is 9.69 Å². The van der Waals surface area contributed by atoms with Gasteiger partial charge in [0.25, 0.3) is 5.91 Å². The van der Waals surface area contributed by atoms with Crippen molar-refractivity contribution in [1.82, 2.24) is 10.2 Å². The van der Waals surface area contributed by atoms with Crippen LogP contribution in [0.2, 0.25) is 0 Å². The number of esters is 1. The van der Waals surface area contributed by atoms with Crippen LogP contribution in [-0.2, 0) is 16.1 Å². The molecule has 1 aromatic carbocycles. The summed E-state index contributed by atoms with van der Waals surface area (Å²) >= 11 is 0. The minimum absolute atomic E-state index is 0.00499. The first-order valence-corrected chi connectivity index (χ1v) is 9.45. The molecule has 1 saturated heterocycles. The fourth-order valence-electron chi connectivity index (χ4n) is 3.20. The van der Waals surface area contributed by atoms with Crippen LogP contribution >= 0.6 is 0 Å². The molecule has 2 aromatic rings. The molecular weight excluding hydrogens is 388 g/mol. The van der Waals surface area contributed by atoms with Crippen LogP contribution in [-0.4, -0.2) is 37.0 Å². The zero-order chi connectivity index (χ0) is 22.0. The highest BCUT2D eigenvalue weighted by atomic mass is 16.5. The van der Waals surface area contributed by atoms with Crippen molar-refractivity contribution in [3.63, 3.8) is 0 Å². The Labute approximate surface area is 174 Å². The van der Waals surface area contributed by atoms with Crippen molar-refractivity contribution in [3.05, 3.63) is 58.2 Å². The number of nitrogens with zero attached hydrogens (tertiary/aromatic N) is 1. The van der Waals surface area contributed by atoms with Gasteiger partial charge in [0.2, 0.25) is 5.76 Å². The first-order valence-electron chi connectivity index (χ1n) is 9.45. The van der Waals surface area contributed by atoms with E-state index < -0.39 is 17.9 Å². The third kappa shape index (κ3) is 4.07. The van der Waals surface area contributed by atoms with Crippen molar-refractivity contribution in [2.45, 2.75) is 33.2 Å². The van der Waals surface area contributed by atoms with Gasteiger partial charge in [-0.1, -0.05) is 13.8 Å². The maximum Gasteiger partial charge on any atom is 0.373 e. The lowest BCUT2D eigenvalue weighted by molar-refractivity contribution is -0.123. The lowest BCUT2D eigenvalue weighted by Gasteiger charge is -2.15. The summed E-state index contributed by atoms with van der Waals surface area (Å²) in [6.07, 6.45) is 1.66. The molecule has 8 heteroatoms. The molecular formula is C22H24N2O6. The molecule has 158 valence electrons. The monoisotopic (exact) mass is 412 g/mol. The standard InChI is InChI=1S/C22H24N2O6/c1-12(2)16-9-14(13(3)8-19(16)28-4)10-17-20(25)24(22(27)23-17)11-15-6-7-18(30-15)21(26)29-5/h6-10,12H,11H2,1-5H3,(H,23,27). The summed E-state index contributed by atoms with van der Waals surface area (Å²) in [6.45, 7) is 5.92. The van der Waals surface area contributed by atoms with Crippen LogP contribution in [0.4, 0.5) is 4.79 Å². The smallest absolute Gasteiger partial charge is 0.373 e. The minimum Gasteiger partial charge on any atom is -0.496 e. The SMILES string of the molecule is COC(=O)c1ccc(CN2C(=O)NC(=Cc3cc(C(C)C)c(OC)cc3C)C2=O)o1. The lowest BCUT2D eigenvalue weighted by atomic mass is 9.96. The molecule has 3 rings (SSSR count). The Kier molecular flexibility index (Phi) is 5.96. The van der Waals surface area contributed by atoms with Gasteiger partial charge < -0.3 is 19.2 Å². The van der Waals surface area contributed by atoms with Gasteiger partial charge in [0.1, 0.15) is 17.2 Å². The van der Waals surface area contributed by atoms with E-state index in [1.165, 1.54) is 19.2 Å². The van der Waals surface area contributed by atoms with Crippen molar-refractivity contribution in [2.75, 3.05) is 14.2 Å². The van der Waals surface area contributed by atoms with Crippen LogP contribution in [0.15, 0.2) is 34.4 Å². The van der Waals surface area contributed by atoms with Crippen molar-refractivity contribution in [2.24, 2.45) is 0 Å². The number of furan rings is 1. The van der Waals surface area contributed by atoms with Gasteiger partial charge in [0.15, 0.2) is 0 Å². The number of imide groups is 1. The van der Waals surface area contributed by atoms with Crippen LogP contribution < -0.4 is 10.1 Å². The van der Waals surface area contributed by atoms with Gasteiger partial charge >= 0.3 is 12.0 Å². The van der Waals surface area contributed by atoms with Crippen molar-refractivity contribution < 1.29 is 28.3 Å². The number of ether oxygens (including phenoxy) is 2. The number of hydrogen-bond donors (Lipinski definition) is 1. The molecule has 0 bridgehead atoms. The average molecular weight is 412 g/mol. The third-order valence-electron chi connectivity index (χ3n) is 4.86. The summed E-state index contributed by atoms with van der Waals surface area (Å²) in [5, 5.41) is 2.60. The molecule has 3 amide bonds. The molecule has 1 fully saturated rings. The van der Waals surface area contributed by atoms with Crippen LogP contribution in [0.5, 0.6) is 5.75 Å². The van der Waals surface area contributed by atoms with Gasteiger partial charge in [-0.05, 0) is 59.9 Å². The molecule has 0 spiro atoms. The van der Waals surface area contributed by atoms with E-state index >= 15 is 0 Å². The van der Waals surface area contributed by atoms with Crippen molar-refractivity contribution in [1.29, 1.82) is 0 Å². The van der Waals surface area contributed by atoms with Gasteiger partial charge in [0.05, 0.1) is 20.8 Å². The number of nitrogens with one attached hydrogen (secondary N) is 1. The number of aryl methyl sites for hydroxylation is 1. The van der Waals surface area contributed by atoms with E-state index in [0.29, 0.717) is 5.76 Å². The topological polar surface area (TPSA) is 98.1 Å². The van der Waals surface area contributed by atoms with Crippen molar-refractivity contribution in [3.8, 4) is 5.75 Å². The maximum atomic E-state index is 12.8. The molecule has 30 heavy (non-hydrogen) atoms. The fraction of sp³-hybridized carbons (Fsp3) is 0.318. The zero-order valence-corrected chi connectivity index (χ0v) is 17.6. The second-order valence-corrected chi connectivity index (χ2v) is 7.24. The summed E-state index contributed by atoms with van der Waals surface area (Å²) < 4.78 is 15.4. The van der Waals surface area contributed by atoms with E-state index in [2.05, 4.69) is 23.9 Å². The fourth-order valence-corrected chi connectivity index (χ4v) is 3.20. The summed E-state index contributed by atoms with van der Waals surface area (Å²) in [7, 11) is 2.86. The molecule has 0 unspecified atom stereocenters. The average Bonchev–Trinajstić information content (AvgIpc) is 3.29. The lowest BCUT2D eigenvalue weighted by Crippen LogP contribution is -2.30. The number of carbonyl (C=O) groups is 3. The predicted octanol–water partition coefficient (Wildman–Crippen LogP) is 3.60. The molecule has 1 aromatic heterocycles.